The van der Waals surface area contributed by atoms with E-state index < -0.39 is 12.0 Å². The second-order valence-electron chi connectivity index (χ2n) is 10.5. The summed E-state index contributed by atoms with van der Waals surface area (Å²) in [5.41, 5.74) is 3.24. The maximum Gasteiger partial charge on any atom is 0.453 e. The van der Waals surface area contributed by atoms with Crippen LogP contribution in [-0.2, 0) is 17.5 Å². The maximum atomic E-state index is 13.5. The summed E-state index contributed by atoms with van der Waals surface area (Å²) in [6.07, 6.45) is -4.23. The predicted octanol–water partition coefficient (Wildman–Crippen LogP) is 4.35. The number of ketones is 1. The van der Waals surface area contributed by atoms with Crippen molar-refractivity contribution in [3.63, 3.8) is 0 Å². The van der Waals surface area contributed by atoms with E-state index in [1.807, 2.05) is 36.4 Å². The van der Waals surface area contributed by atoms with Gasteiger partial charge >= 0.3 is 6.18 Å². The zero-order chi connectivity index (χ0) is 28.6. The molecule has 0 bridgehead atoms. The molecule has 2 saturated heterocycles. The van der Waals surface area contributed by atoms with Gasteiger partial charge in [-0.25, -0.2) is 0 Å². The van der Waals surface area contributed by atoms with Gasteiger partial charge in [0, 0.05) is 49.6 Å². The summed E-state index contributed by atoms with van der Waals surface area (Å²) in [4.78, 5) is 17.3. The van der Waals surface area contributed by atoms with Crippen LogP contribution in [0.3, 0.4) is 0 Å². The van der Waals surface area contributed by atoms with Crippen molar-refractivity contribution < 1.29 is 22.7 Å². The molecule has 8 nitrogen and oxygen atoms in total. The number of nitrogens with zero attached hydrogens (tertiary/aromatic N) is 6. The molecule has 0 unspecified atom stereocenters. The predicted molar refractivity (Wildman–Crippen MR) is 145 cm³/mol. The molecule has 4 aromatic rings. The number of aromatic nitrogens is 4. The fourth-order valence-corrected chi connectivity index (χ4v) is 6.26. The summed E-state index contributed by atoms with van der Waals surface area (Å²) in [6.45, 7) is 2.15. The molecule has 1 aromatic heterocycles. The van der Waals surface area contributed by atoms with Crippen molar-refractivity contribution >= 4 is 5.78 Å². The molecule has 0 amide bonds. The van der Waals surface area contributed by atoms with Gasteiger partial charge in [-0.15, -0.1) is 5.10 Å². The van der Waals surface area contributed by atoms with Crippen LogP contribution >= 0.6 is 0 Å². The number of hydrogen-bond donors (Lipinski definition) is 0. The van der Waals surface area contributed by atoms with E-state index in [-0.39, 0.29) is 29.5 Å². The topological polar surface area (TPSA) is 76.4 Å². The van der Waals surface area contributed by atoms with E-state index in [0.717, 1.165) is 0 Å². The lowest BCUT2D eigenvalue weighted by Crippen LogP contribution is -2.58. The molecule has 0 saturated carbocycles. The smallest absolute Gasteiger partial charge is 0.453 e. The number of alkyl halides is 3. The molecule has 2 atom stereocenters. The van der Waals surface area contributed by atoms with Crippen LogP contribution < -0.4 is 4.74 Å². The van der Waals surface area contributed by atoms with E-state index in [4.69, 9.17) is 4.74 Å². The van der Waals surface area contributed by atoms with Crippen molar-refractivity contribution in [1.29, 1.82) is 0 Å². The number of piperazine rings is 1. The van der Waals surface area contributed by atoms with Crippen LogP contribution in [0.4, 0.5) is 13.2 Å². The zero-order valence-electron chi connectivity index (χ0n) is 22.4. The van der Waals surface area contributed by atoms with Crippen molar-refractivity contribution in [2.24, 2.45) is 0 Å². The summed E-state index contributed by atoms with van der Waals surface area (Å²) in [6, 6.07) is 25.4. The van der Waals surface area contributed by atoms with Crippen LogP contribution in [0.5, 0.6) is 5.75 Å². The molecular weight excluding hydrogens is 533 g/mol. The minimum absolute atomic E-state index is 0.00975. The van der Waals surface area contributed by atoms with Crippen molar-refractivity contribution in [2.75, 3.05) is 26.7 Å². The summed E-state index contributed by atoms with van der Waals surface area (Å²) in [5, 5.41) is 10.0. The summed E-state index contributed by atoms with van der Waals surface area (Å²) < 4.78 is 46.8. The van der Waals surface area contributed by atoms with E-state index in [1.165, 1.54) is 24.3 Å². The SMILES string of the molecule is COc1ccc(-n2nnnc2C(F)(F)F)cc1CN1C[C@@H]2CC(=O)CN2[C@H](C(c2ccccc2)c2ccccc2)C1. The minimum Gasteiger partial charge on any atom is -0.496 e. The molecule has 0 radical (unpaired) electrons. The summed E-state index contributed by atoms with van der Waals surface area (Å²) in [5.74, 6) is -0.392. The standard InChI is InChI=1S/C30H29F3N6O2/c1-41-27-13-12-23(39-29(30(31,32)33)34-35-36-39)14-22(27)16-37-17-24-15-25(40)18-38(24)26(19-37)28(20-8-4-2-5-9-20)21-10-6-3-7-11-21/h2-14,24,26,28H,15-19H2,1H3/t24-,26-/m0/s1. The number of fused-ring (bicyclic) bond motifs is 1. The van der Waals surface area contributed by atoms with Crippen LogP contribution in [0.2, 0.25) is 0 Å². The lowest BCUT2D eigenvalue weighted by Gasteiger charge is -2.46. The first-order chi connectivity index (χ1) is 19.8. The minimum atomic E-state index is -4.70. The molecule has 212 valence electrons. The van der Waals surface area contributed by atoms with Gasteiger partial charge in [0.1, 0.15) is 11.5 Å². The van der Waals surface area contributed by atoms with Crippen molar-refractivity contribution in [2.45, 2.75) is 37.1 Å². The third-order valence-corrected chi connectivity index (χ3v) is 7.96. The first kappa shape index (κ1) is 27.1. The number of Topliss-reactive ketones (excluding diaryl/α,β-unsaturated/α-hetero) is 1. The third-order valence-electron chi connectivity index (χ3n) is 7.96. The average Bonchev–Trinajstić information content (AvgIpc) is 3.61. The Balaban J connectivity index is 1.36. The van der Waals surface area contributed by atoms with Crippen molar-refractivity contribution in [3.05, 3.63) is 101 Å². The van der Waals surface area contributed by atoms with Crippen LogP contribution in [0.15, 0.2) is 78.9 Å². The molecule has 2 aliphatic rings. The molecule has 2 fully saturated rings. The molecule has 0 aliphatic carbocycles. The third kappa shape index (κ3) is 5.47. The van der Waals surface area contributed by atoms with Crippen LogP contribution in [0, 0.1) is 0 Å². The molecule has 11 heteroatoms. The Hall–Kier alpha value is -4.09. The van der Waals surface area contributed by atoms with Gasteiger partial charge in [-0.05, 0) is 39.8 Å². The van der Waals surface area contributed by atoms with Crippen LogP contribution in [0.1, 0.15) is 34.9 Å². The average molecular weight is 563 g/mol. The highest BCUT2D eigenvalue weighted by Gasteiger charge is 2.44. The van der Waals surface area contributed by atoms with E-state index in [2.05, 4.69) is 49.6 Å². The van der Waals surface area contributed by atoms with Gasteiger partial charge in [0.25, 0.3) is 5.82 Å². The first-order valence-corrected chi connectivity index (χ1v) is 13.4. The number of ether oxygens (including phenoxy) is 1. The van der Waals surface area contributed by atoms with Gasteiger partial charge in [-0.1, -0.05) is 60.7 Å². The van der Waals surface area contributed by atoms with Gasteiger partial charge < -0.3 is 4.74 Å². The Morgan fingerprint density at radius 2 is 1.66 bits per heavy atom. The van der Waals surface area contributed by atoms with Crippen LogP contribution in [0.25, 0.3) is 5.69 Å². The largest absolute Gasteiger partial charge is 0.496 e. The number of halogens is 3. The second-order valence-corrected chi connectivity index (χ2v) is 10.5. The van der Waals surface area contributed by atoms with Gasteiger partial charge in [0.05, 0.1) is 19.3 Å². The van der Waals surface area contributed by atoms with Crippen LogP contribution in [-0.4, -0.2) is 74.6 Å². The molecular formula is C30H29F3N6O2. The Kier molecular flexibility index (Phi) is 7.31. The van der Waals surface area contributed by atoms with E-state index >= 15 is 0 Å². The number of carbonyl (C=O) groups is 1. The van der Waals surface area contributed by atoms with Gasteiger partial charge in [0.2, 0.25) is 0 Å². The highest BCUT2D eigenvalue weighted by molar-refractivity contribution is 5.83. The van der Waals surface area contributed by atoms with Crippen molar-refractivity contribution in [1.82, 2.24) is 30.0 Å². The Morgan fingerprint density at radius 3 is 2.29 bits per heavy atom. The maximum absolute atomic E-state index is 13.5. The summed E-state index contributed by atoms with van der Waals surface area (Å²) in [7, 11) is 1.54. The number of methoxy groups -OCH3 is 1. The quantitative estimate of drug-likeness (QED) is 0.332. The van der Waals surface area contributed by atoms with Crippen molar-refractivity contribution in [3.8, 4) is 11.4 Å². The highest BCUT2D eigenvalue weighted by atomic mass is 19.4. The molecule has 2 aliphatic heterocycles. The van der Waals surface area contributed by atoms with Gasteiger partial charge in [-0.2, -0.15) is 17.9 Å². The normalized spacial score (nSPS) is 20.0. The number of rotatable bonds is 7. The van der Waals surface area contributed by atoms with Gasteiger partial charge in [-0.3, -0.25) is 14.6 Å². The molecule has 41 heavy (non-hydrogen) atoms. The zero-order valence-corrected chi connectivity index (χ0v) is 22.4. The lowest BCUT2D eigenvalue weighted by molar-refractivity contribution is -0.146. The molecule has 3 heterocycles. The molecule has 0 spiro atoms. The highest BCUT2D eigenvalue weighted by Crippen LogP contribution is 2.38. The van der Waals surface area contributed by atoms with Gasteiger partial charge in [0.15, 0.2) is 0 Å². The lowest BCUT2D eigenvalue weighted by atomic mass is 9.82. The second kappa shape index (κ2) is 11.1. The number of carbonyl (C=O) groups excluding carboxylic acids is 1. The number of hydrogen-bond acceptors (Lipinski definition) is 7. The number of tetrazole rings is 1. The fraction of sp³-hybridized carbons (Fsp3) is 0.333. The Labute approximate surface area is 235 Å². The number of benzene rings is 3. The molecule has 3 aromatic carbocycles. The van der Waals surface area contributed by atoms with E-state index in [1.54, 1.807) is 12.1 Å². The first-order valence-electron chi connectivity index (χ1n) is 13.4. The molecule has 0 N–H and O–H groups in total. The molecule has 6 rings (SSSR count). The summed E-state index contributed by atoms with van der Waals surface area (Å²) >= 11 is 0. The Morgan fingerprint density at radius 1 is 0.976 bits per heavy atom. The Bertz CT molecular complexity index is 1470. The monoisotopic (exact) mass is 562 g/mol. The van der Waals surface area contributed by atoms with E-state index in [9.17, 15) is 18.0 Å². The van der Waals surface area contributed by atoms with E-state index in [0.29, 0.717) is 48.6 Å². The fourth-order valence-electron chi connectivity index (χ4n) is 6.26.